The first-order valence-electron chi connectivity index (χ1n) is 4.72. The molecule has 0 aromatic carbocycles. The van der Waals surface area contributed by atoms with Crippen molar-refractivity contribution in [2.24, 2.45) is 5.92 Å². The first kappa shape index (κ1) is 10.8. The van der Waals surface area contributed by atoms with Crippen LogP contribution in [-0.4, -0.2) is 41.0 Å². The zero-order valence-corrected chi connectivity index (χ0v) is 8.63. The van der Waals surface area contributed by atoms with Gasteiger partial charge >= 0.3 is 0 Å². The summed E-state index contributed by atoms with van der Waals surface area (Å²) in [6.45, 7) is 3.48. The maximum absolute atomic E-state index is 11.6. The summed E-state index contributed by atoms with van der Waals surface area (Å²) < 4.78 is 0. The van der Waals surface area contributed by atoms with Gasteiger partial charge in [0.2, 0.25) is 5.91 Å². The molecule has 13 heavy (non-hydrogen) atoms. The number of rotatable bonds is 3. The fraction of sp³-hybridized carbons (Fsp3) is 0.889. The number of carbonyl (C=O) groups is 1. The van der Waals surface area contributed by atoms with Crippen LogP contribution in [0.5, 0.6) is 0 Å². The highest BCUT2D eigenvalue weighted by molar-refractivity contribution is 6.30. The molecule has 1 heterocycles. The molecular weight excluding hydrogens is 190 g/mol. The Morgan fingerprint density at radius 2 is 2.46 bits per heavy atom. The number of alkyl halides is 1. The Labute approximate surface area is 83.7 Å². The molecule has 0 bridgehead atoms. The Bertz CT molecular complexity index is 186. The third-order valence-corrected chi connectivity index (χ3v) is 2.98. The largest absolute Gasteiger partial charge is 0.396 e. The van der Waals surface area contributed by atoms with Gasteiger partial charge < -0.3 is 10.0 Å². The number of carbonyl (C=O) groups excluding carboxylic acids is 1. The molecule has 0 radical (unpaired) electrons. The first-order valence-corrected chi connectivity index (χ1v) is 5.16. The van der Waals surface area contributed by atoms with E-state index in [-0.39, 0.29) is 18.4 Å². The van der Waals surface area contributed by atoms with E-state index >= 15 is 0 Å². The van der Waals surface area contributed by atoms with Gasteiger partial charge in [-0.25, -0.2) is 0 Å². The summed E-state index contributed by atoms with van der Waals surface area (Å²) in [5.41, 5.74) is 0. The highest BCUT2D eigenvalue weighted by atomic mass is 35.5. The molecule has 1 N–H and O–H groups in total. The number of hydrogen-bond donors (Lipinski definition) is 1. The van der Waals surface area contributed by atoms with E-state index in [1.807, 2.05) is 6.92 Å². The average Bonchev–Trinajstić information content (AvgIpc) is 2.63. The number of aliphatic hydroxyl groups excluding tert-OH is 1. The molecular formula is C9H16ClNO2. The van der Waals surface area contributed by atoms with Crippen LogP contribution < -0.4 is 0 Å². The summed E-state index contributed by atoms with van der Waals surface area (Å²) in [7, 11) is 0. The van der Waals surface area contributed by atoms with Gasteiger partial charge in [0.25, 0.3) is 0 Å². The summed E-state index contributed by atoms with van der Waals surface area (Å²) in [4.78, 5) is 13.3. The van der Waals surface area contributed by atoms with Crippen LogP contribution in [0.3, 0.4) is 0 Å². The zero-order chi connectivity index (χ0) is 9.84. The predicted octanol–water partition coefficient (Wildman–Crippen LogP) is 0.845. The normalized spacial score (nSPS) is 24.8. The highest BCUT2D eigenvalue weighted by Crippen LogP contribution is 2.18. The van der Waals surface area contributed by atoms with Crippen molar-refractivity contribution in [3.8, 4) is 0 Å². The highest BCUT2D eigenvalue weighted by Gasteiger charge is 2.28. The van der Waals surface area contributed by atoms with Gasteiger partial charge in [-0.05, 0) is 12.8 Å². The quantitative estimate of drug-likeness (QED) is 0.694. The molecule has 1 aliphatic rings. The third kappa shape index (κ3) is 2.58. The van der Waals surface area contributed by atoms with Crippen molar-refractivity contribution in [2.75, 3.05) is 19.7 Å². The smallest absolute Gasteiger partial charge is 0.240 e. The molecule has 1 rings (SSSR count). The Kier molecular flexibility index (Phi) is 4.00. The molecule has 1 saturated heterocycles. The predicted molar refractivity (Wildman–Crippen MR) is 51.7 cm³/mol. The van der Waals surface area contributed by atoms with Gasteiger partial charge in [0, 0.05) is 25.6 Å². The molecule has 0 saturated carbocycles. The van der Waals surface area contributed by atoms with Crippen molar-refractivity contribution in [1.82, 2.24) is 4.90 Å². The Morgan fingerprint density at radius 3 is 2.92 bits per heavy atom. The van der Waals surface area contributed by atoms with Crippen LogP contribution in [0.2, 0.25) is 0 Å². The summed E-state index contributed by atoms with van der Waals surface area (Å²) >= 11 is 5.83. The van der Waals surface area contributed by atoms with Crippen LogP contribution in [0.15, 0.2) is 0 Å². The maximum atomic E-state index is 11.6. The third-order valence-electron chi connectivity index (χ3n) is 2.48. The van der Waals surface area contributed by atoms with Crippen LogP contribution in [0.25, 0.3) is 0 Å². The zero-order valence-electron chi connectivity index (χ0n) is 7.87. The summed E-state index contributed by atoms with van der Waals surface area (Å²) in [6, 6.07) is 0. The average molecular weight is 206 g/mol. The number of amides is 1. The van der Waals surface area contributed by atoms with E-state index in [4.69, 9.17) is 16.7 Å². The second-order valence-corrected chi connectivity index (χ2v) is 4.02. The number of hydrogen-bond acceptors (Lipinski definition) is 2. The molecule has 0 spiro atoms. The standard InChI is InChI=1S/C9H16ClNO2/c1-2-8(10)9(13)11-4-3-7(5-11)6-12/h7-8,12H,2-6H2,1H3/t7-,8+/m1/s1. The second-order valence-electron chi connectivity index (χ2n) is 3.50. The lowest BCUT2D eigenvalue weighted by atomic mass is 10.1. The fourth-order valence-corrected chi connectivity index (χ4v) is 1.69. The van der Waals surface area contributed by atoms with E-state index in [2.05, 4.69) is 0 Å². The molecule has 1 fully saturated rings. The van der Waals surface area contributed by atoms with Crippen molar-refractivity contribution in [3.63, 3.8) is 0 Å². The number of likely N-dealkylation sites (tertiary alicyclic amines) is 1. The molecule has 2 atom stereocenters. The van der Waals surface area contributed by atoms with Gasteiger partial charge in [0.05, 0.1) is 0 Å². The van der Waals surface area contributed by atoms with Crippen LogP contribution in [0.4, 0.5) is 0 Å². The van der Waals surface area contributed by atoms with Gasteiger partial charge in [-0.2, -0.15) is 0 Å². The van der Waals surface area contributed by atoms with Gasteiger partial charge in [-0.1, -0.05) is 6.92 Å². The SMILES string of the molecule is CC[C@H](Cl)C(=O)N1CC[C@@H](CO)C1. The molecule has 1 aliphatic heterocycles. The minimum absolute atomic E-state index is 0.0140. The van der Waals surface area contributed by atoms with E-state index in [0.717, 1.165) is 13.0 Å². The molecule has 1 amide bonds. The lowest BCUT2D eigenvalue weighted by molar-refractivity contribution is -0.129. The summed E-state index contributed by atoms with van der Waals surface area (Å²) in [5, 5.41) is 8.50. The molecule has 4 heteroatoms. The van der Waals surface area contributed by atoms with Crippen LogP contribution in [0.1, 0.15) is 19.8 Å². The van der Waals surface area contributed by atoms with Gasteiger partial charge in [0.15, 0.2) is 0 Å². The Balaban J connectivity index is 2.41. The van der Waals surface area contributed by atoms with E-state index in [1.165, 1.54) is 0 Å². The molecule has 0 aromatic heterocycles. The minimum Gasteiger partial charge on any atom is -0.396 e. The van der Waals surface area contributed by atoms with Gasteiger partial charge in [0.1, 0.15) is 5.38 Å². The van der Waals surface area contributed by atoms with Crippen molar-refractivity contribution in [2.45, 2.75) is 25.1 Å². The van der Waals surface area contributed by atoms with Crippen LogP contribution >= 0.6 is 11.6 Å². The fourth-order valence-electron chi connectivity index (χ4n) is 1.55. The van der Waals surface area contributed by atoms with Crippen molar-refractivity contribution in [3.05, 3.63) is 0 Å². The molecule has 0 aromatic rings. The Hall–Kier alpha value is -0.280. The molecule has 0 unspecified atom stereocenters. The first-order chi connectivity index (χ1) is 6.19. The molecule has 0 aliphatic carbocycles. The van der Waals surface area contributed by atoms with E-state index in [9.17, 15) is 4.79 Å². The van der Waals surface area contributed by atoms with Crippen LogP contribution in [-0.2, 0) is 4.79 Å². The van der Waals surface area contributed by atoms with E-state index in [0.29, 0.717) is 13.0 Å². The molecule has 76 valence electrons. The monoisotopic (exact) mass is 205 g/mol. The van der Waals surface area contributed by atoms with Crippen molar-refractivity contribution in [1.29, 1.82) is 0 Å². The lowest BCUT2D eigenvalue weighted by Gasteiger charge is -2.18. The van der Waals surface area contributed by atoms with Crippen molar-refractivity contribution < 1.29 is 9.90 Å². The van der Waals surface area contributed by atoms with Gasteiger partial charge in [-0.3, -0.25) is 4.79 Å². The summed E-state index contributed by atoms with van der Waals surface area (Å²) in [6.07, 6.45) is 1.57. The van der Waals surface area contributed by atoms with E-state index < -0.39 is 5.38 Å². The number of nitrogens with zero attached hydrogens (tertiary/aromatic N) is 1. The van der Waals surface area contributed by atoms with E-state index in [1.54, 1.807) is 4.90 Å². The molecule has 3 nitrogen and oxygen atoms in total. The van der Waals surface area contributed by atoms with Crippen LogP contribution in [0, 0.1) is 5.92 Å². The Morgan fingerprint density at radius 1 is 1.77 bits per heavy atom. The topological polar surface area (TPSA) is 40.5 Å². The lowest BCUT2D eigenvalue weighted by Crippen LogP contribution is -2.35. The second kappa shape index (κ2) is 4.82. The number of aliphatic hydroxyl groups is 1. The number of halogens is 1. The van der Waals surface area contributed by atoms with Gasteiger partial charge in [-0.15, -0.1) is 11.6 Å². The maximum Gasteiger partial charge on any atom is 0.240 e. The summed E-state index contributed by atoms with van der Waals surface area (Å²) in [5.74, 6) is 0.268. The van der Waals surface area contributed by atoms with Crippen molar-refractivity contribution >= 4 is 17.5 Å². The minimum atomic E-state index is -0.391.